The van der Waals surface area contributed by atoms with E-state index in [1.807, 2.05) is 0 Å². The van der Waals surface area contributed by atoms with Crippen LogP contribution in [0.3, 0.4) is 0 Å². The maximum Gasteiger partial charge on any atom is 0.202 e. The van der Waals surface area contributed by atoms with Gasteiger partial charge in [0, 0.05) is 42.0 Å². The van der Waals surface area contributed by atoms with Crippen LogP contribution in [0.1, 0.15) is 61.9 Å². The van der Waals surface area contributed by atoms with Gasteiger partial charge >= 0.3 is 0 Å². The van der Waals surface area contributed by atoms with Crippen molar-refractivity contribution in [1.29, 1.82) is 0 Å². The summed E-state index contributed by atoms with van der Waals surface area (Å²) in [5.41, 5.74) is 1.86. The van der Waals surface area contributed by atoms with E-state index < -0.39 is 95.9 Å². The SMILES string of the molecule is COc1cccc2c1C(=O)c1c(O)c3c(c(O)c1C2=O)C[C@@](O)(C(=O)CO)C[C@@H]3O[C@H]1C[C@H](N)[C@H](O)[C@H](O)O1. The van der Waals surface area contributed by atoms with Gasteiger partial charge in [0.1, 0.15) is 35.6 Å². The fourth-order valence-electron chi connectivity index (χ4n) is 5.53. The summed E-state index contributed by atoms with van der Waals surface area (Å²) in [6.45, 7) is -1.06. The van der Waals surface area contributed by atoms with Crippen molar-refractivity contribution >= 4 is 17.3 Å². The molecule has 6 atom stereocenters. The van der Waals surface area contributed by atoms with Gasteiger partial charge in [-0.15, -0.1) is 0 Å². The first-order valence-corrected chi connectivity index (χ1v) is 12.1. The van der Waals surface area contributed by atoms with Gasteiger partial charge < -0.3 is 50.6 Å². The summed E-state index contributed by atoms with van der Waals surface area (Å²) in [5, 5.41) is 63.3. The van der Waals surface area contributed by atoms with Crippen molar-refractivity contribution in [3.8, 4) is 17.2 Å². The monoisotopic (exact) mass is 545 g/mol. The fourth-order valence-corrected chi connectivity index (χ4v) is 5.53. The topological polar surface area (TPSA) is 226 Å². The molecule has 0 aromatic heterocycles. The molecule has 1 heterocycles. The zero-order chi connectivity index (χ0) is 28.4. The Morgan fingerprint density at radius 1 is 1.13 bits per heavy atom. The Balaban J connectivity index is 1.69. The number of ether oxygens (including phenoxy) is 3. The zero-order valence-corrected chi connectivity index (χ0v) is 20.7. The number of phenols is 2. The summed E-state index contributed by atoms with van der Waals surface area (Å²) >= 11 is 0. The molecule has 0 spiro atoms. The van der Waals surface area contributed by atoms with E-state index in [2.05, 4.69) is 0 Å². The predicted octanol–water partition coefficient (Wildman–Crippen LogP) is -1.07. The molecule has 13 nitrogen and oxygen atoms in total. The molecule has 2 aliphatic carbocycles. The molecule has 2 aromatic rings. The normalized spacial score (nSPS) is 29.8. The molecule has 0 bridgehead atoms. The summed E-state index contributed by atoms with van der Waals surface area (Å²) in [6.07, 6.45) is -7.22. The molecule has 5 rings (SSSR count). The van der Waals surface area contributed by atoms with Crippen molar-refractivity contribution in [2.24, 2.45) is 5.73 Å². The Hall–Kier alpha value is -3.43. The van der Waals surface area contributed by atoms with Crippen LogP contribution in [0.2, 0.25) is 0 Å². The van der Waals surface area contributed by atoms with Crippen LogP contribution in [0, 0.1) is 0 Å². The number of hydrogen-bond donors (Lipinski definition) is 7. The van der Waals surface area contributed by atoms with Crippen LogP contribution >= 0.6 is 0 Å². The molecular weight excluding hydrogens is 518 g/mol. The third-order valence-corrected chi connectivity index (χ3v) is 7.54. The Bertz CT molecular complexity index is 1380. The average molecular weight is 545 g/mol. The van der Waals surface area contributed by atoms with Gasteiger partial charge in [-0.05, 0) is 6.07 Å². The number of carbonyl (C=O) groups is 3. The van der Waals surface area contributed by atoms with Crippen molar-refractivity contribution in [1.82, 2.24) is 0 Å². The van der Waals surface area contributed by atoms with Gasteiger partial charge in [0.2, 0.25) is 5.78 Å². The Labute approximate surface area is 221 Å². The van der Waals surface area contributed by atoms with Crippen LogP contribution in [0.5, 0.6) is 17.2 Å². The van der Waals surface area contributed by atoms with E-state index in [1.165, 1.54) is 25.3 Å². The first kappa shape index (κ1) is 27.1. The molecule has 1 fully saturated rings. The first-order chi connectivity index (χ1) is 18.4. The Morgan fingerprint density at radius 3 is 2.46 bits per heavy atom. The number of fused-ring (bicyclic) bond motifs is 3. The van der Waals surface area contributed by atoms with Gasteiger partial charge in [0.25, 0.3) is 0 Å². The summed E-state index contributed by atoms with van der Waals surface area (Å²) in [6, 6.07) is 3.32. The lowest BCUT2D eigenvalue weighted by molar-refractivity contribution is -0.301. The third kappa shape index (κ3) is 4.10. The van der Waals surface area contributed by atoms with E-state index in [0.29, 0.717) is 0 Å². The van der Waals surface area contributed by atoms with Gasteiger partial charge in [-0.3, -0.25) is 14.4 Å². The standard InChI is InChI=1S/C26H27NO12/c1-37-12-4-2-3-9-16(12)23(33)19-18(20(9)30)21(31)10-6-26(36,14(29)8-28)7-13(17(10)24(19)34)38-15-5-11(27)22(32)25(35)39-15/h2-4,11,13,15,22,25,28,31-32,34-36H,5-8,27H2,1H3/t11-,13-,15+,22-,25+,26-/m0/s1. The number of rotatable bonds is 5. The number of aliphatic hydroxyl groups excluding tert-OH is 3. The second kappa shape index (κ2) is 9.64. The van der Waals surface area contributed by atoms with E-state index in [9.17, 15) is 45.0 Å². The lowest BCUT2D eigenvalue weighted by Gasteiger charge is -2.41. The second-order valence-electron chi connectivity index (χ2n) is 9.85. The van der Waals surface area contributed by atoms with E-state index in [0.717, 1.165) is 0 Å². The molecule has 0 amide bonds. The van der Waals surface area contributed by atoms with Crippen LogP contribution in [-0.4, -0.2) is 92.0 Å². The number of Topliss-reactive ketones (excluding diaryl/α,β-unsaturated/α-hetero) is 1. The zero-order valence-electron chi connectivity index (χ0n) is 20.7. The molecule has 8 N–H and O–H groups in total. The molecule has 0 saturated carbocycles. The minimum atomic E-state index is -2.30. The quantitative estimate of drug-likeness (QED) is 0.190. The van der Waals surface area contributed by atoms with Crippen molar-refractivity contribution in [3.63, 3.8) is 0 Å². The van der Waals surface area contributed by atoms with Crippen LogP contribution < -0.4 is 10.5 Å². The minimum Gasteiger partial charge on any atom is -0.507 e. The molecule has 2 aromatic carbocycles. The highest BCUT2D eigenvalue weighted by atomic mass is 16.7. The van der Waals surface area contributed by atoms with Crippen LogP contribution in [0.15, 0.2) is 18.2 Å². The summed E-state index contributed by atoms with van der Waals surface area (Å²) in [4.78, 5) is 39.6. The highest BCUT2D eigenvalue weighted by Crippen LogP contribution is 2.52. The lowest BCUT2D eigenvalue weighted by atomic mass is 9.72. The smallest absolute Gasteiger partial charge is 0.202 e. The number of aromatic hydroxyl groups is 2. The molecule has 39 heavy (non-hydrogen) atoms. The number of nitrogens with two attached hydrogens (primary N) is 1. The summed E-state index contributed by atoms with van der Waals surface area (Å²) in [5.74, 6) is -4.04. The van der Waals surface area contributed by atoms with Crippen molar-refractivity contribution in [2.45, 2.75) is 55.7 Å². The number of ketones is 3. The minimum absolute atomic E-state index is 0.0703. The van der Waals surface area contributed by atoms with Crippen LogP contribution in [-0.2, 0) is 20.7 Å². The largest absolute Gasteiger partial charge is 0.507 e. The van der Waals surface area contributed by atoms with E-state index in [-0.39, 0.29) is 34.4 Å². The van der Waals surface area contributed by atoms with Gasteiger partial charge in [0.05, 0.1) is 29.9 Å². The van der Waals surface area contributed by atoms with Gasteiger partial charge in [0.15, 0.2) is 24.1 Å². The number of hydrogen-bond acceptors (Lipinski definition) is 13. The molecular formula is C26H27NO12. The first-order valence-electron chi connectivity index (χ1n) is 12.1. The number of phenolic OH excluding ortho intramolecular Hbond substituents is 2. The van der Waals surface area contributed by atoms with Crippen molar-refractivity contribution in [2.75, 3.05) is 13.7 Å². The molecule has 0 unspecified atom stereocenters. The fraction of sp³-hybridized carbons (Fsp3) is 0.423. The summed E-state index contributed by atoms with van der Waals surface area (Å²) in [7, 11) is 1.30. The second-order valence-corrected chi connectivity index (χ2v) is 9.85. The van der Waals surface area contributed by atoms with E-state index >= 15 is 0 Å². The van der Waals surface area contributed by atoms with Gasteiger partial charge in [-0.1, -0.05) is 12.1 Å². The number of benzene rings is 2. The highest BCUT2D eigenvalue weighted by molar-refractivity contribution is 6.31. The summed E-state index contributed by atoms with van der Waals surface area (Å²) < 4.78 is 16.4. The van der Waals surface area contributed by atoms with E-state index in [1.54, 1.807) is 0 Å². The van der Waals surface area contributed by atoms with E-state index in [4.69, 9.17) is 19.9 Å². The van der Waals surface area contributed by atoms with Crippen molar-refractivity contribution < 1.29 is 59.2 Å². The number of carbonyl (C=O) groups excluding carboxylic acids is 3. The highest BCUT2D eigenvalue weighted by Gasteiger charge is 2.50. The number of methoxy groups -OCH3 is 1. The molecule has 0 radical (unpaired) electrons. The molecule has 208 valence electrons. The van der Waals surface area contributed by atoms with Crippen LogP contribution in [0.4, 0.5) is 0 Å². The third-order valence-electron chi connectivity index (χ3n) is 7.54. The lowest BCUT2D eigenvalue weighted by Crippen LogP contribution is -2.53. The Morgan fingerprint density at radius 2 is 1.82 bits per heavy atom. The maximum absolute atomic E-state index is 13.6. The predicted molar refractivity (Wildman–Crippen MR) is 128 cm³/mol. The van der Waals surface area contributed by atoms with Gasteiger partial charge in [-0.2, -0.15) is 0 Å². The molecule has 1 aliphatic heterocycles. The number of aliphatic hydroxyl groups is 4. The maximum atomic E-state index is 13.6. The average Bonchev–Trinajstić information content (AvgIpc) is 2.90. The van der Waals surface area contributed by atoms with Gasteiger partial charge in [-0.25, -0.2) is 0 Å². The molecule has 3 aliphatic rings. The molecule has 1 saturated heterocycles. The van der Waals surface area contributed by atoms with Crippen molar-refractivity contribution in [3.05, 3.63) is 51.6 Å². The van der Waals surface area contributed by atoms with Crippen LogP contribution in [0.25, 0.3) is 0 Å². The molecule has 13 heteroatoms. The Kier molecular flexibility index (Phi) is 6.71.